The molecule has 0 saturated heterocycles. The summed E-state index contributed by atoms with van der Waals surface area (Å²) in [5, 5.41) is 4.24. The molecule has 0 aromatic carbocycles. The lowest BCUT2D eigenvalue weighted by atomic mass is 9.93. The topological polar surface area (TPSA) is 50.3 Å². The van der Waals surface area contributed by atoms with Gasteiger partial charge in [0.1, 0.15) is 11.1 Å². The van der Waals surface area contributed by atoms with Crippen molar-refractivity contribution in [3.05, 3.63) is 47.4 Å². The summed E-state index contributed by atoms with van der Waals surface area (Å²) in [6.45, 7) is 0.837. The number of pyridine rings is 2. The van der Waals surface area contributed by atoms with Crippen molar-refractivity contribution < 1.29 is 4.74 Å². The van der Waals surface area contributed by atoms with Gasteiger partial charge in [0, 0.05) is 56.5 Å². The van der Waals surface area contributed by atoms with Gasteiger partial charge in [-0.2, -0.15) is 0 Å². The minimum absolute atomic E-state index is 0.196. The van der Waals surface area contributed by atoms with Crippen molar-refractivity contribution in [1.82, 2.24) is 15.3 Å². The fraction of sp³-hybridized carbons (Fsp3) is 0.474. The van der Waals surface area contributed by atoms with Gasteiger partial charge in [0.15, 0.2) is 0 Å². The van der Waals surface area contributed by atoms with E-state index in [-0.39, 0.29) is 6.10 Å². The fourth-order valence-electron chi connectivity index (χ4n) is 3.25. The van der Waals surface area contributed by atoms with Gasteiger partial charge in [-0.15, -0.1) is 0 Å². The van der Waals surface area contributed by atoms with E-state index in [9.17, 15) is 0 Å². The summed E-state index contributed by atoms with van der Waals surface area (Å²) in [5.74, 6) is 0.548. The van der Waals surface area contributed by atoms with Crippen LogP contribution < -0.4 is 15.0 Å². The minimum Gasteiger partial charge on any atom is -0.473 e. The molecule has 0 atom stereocenters. The van der Waals surface area contributed by atoms with E-state index in [1.165, 1.54) is 11.3 Å². The lowest BCUT2D eigenvalue weighted by Crippen LogP contribution is -2.36. The molecule has 5 nitrogen and oxygen atoms in total. The second kappa shape index (κ2) is 8.50. The number of hydrogen-bond donors (Lipinski definition) is 1. The second-order valence-electron chi connectivity index (χ2n) is 6.66. The van der Waals surface area contributed by atoms with Crippen LogP contribution in [0.1, 0.15) is 31.2 Å². The van der Waals surface area contributed by atoms with E-state index in [0.29, 0.717) is 16.9 Å². The largest absolute Gasteiger partial charge is 0.473 e. The Kier molecular flexibility index (Phi) is 6.10. The summed E-state index contributed by atoms with van der Waals surface area (Å²) in [5.41, 5.74) is 2.44. The molecule has 0 amide bonds. The van der Waals surface area contributed by atoms with Crippen molar-refractivity contribution in [3.8, 4) is 5.88 Å². The third kappa shape index (κ3) is 4.83. The third-order valence-corrected chi connectivity index (χ3v) is 4.91. The number of aromatic nitrogens is 2. The van der Waals surface area contributed by atoms with Crippen molar-refractivity contribution in [2.24, 2.45) is 0 Å². The zero-order valence-electron chi connectivity index (χ0n) is 14.8. The van der Waals surface area contributed by atoms with E-state index in [4.69, 9.17) is 16.3 Å². The highest BCUT2D eigenvalue weighted by molar-refractivity contribution is 6.31. The van der Waals surface area contributed by atoms with Crippen LogP contribution in [0.25, 0.3) is 0 Å². The molecule has 6 heteroatoms. The Morgan fingerprint density at radius 1 is 1.20 bits per heavy atom. The minimum atomic E-state index is 0.196. The number of rotatable bonds is 6. The molecule has 1 N–H and O–H groups in total. The van der Waals surface area contributed by atoms with Gasteiger partial charge in [-0.05, 0) is 43.9 Å². The number of hydrogen-bond acceptors (Lipinski definition) is 5. The van der Waals surface area contributed by atoms with Crippen LogP contribution in [-0.4, -0.2) is 36.2 Å². The van der Waals surface area contributed by atoms with Gasteiger partial charge in [0.25, 0.3) is 0 Å². The molecule has 2 aromatic rings. The quantitative estimate of drug-likeness (QED) is 0.851. The van der Waals surface area contributed by atoms with Crippen LogP contribution in [0, 0.1) is 0 Å². The van der Waals surface area contributed by atoms with Gasteiger partial charge in [0.05, 0.1) is 0 Å². The van der Waals surface area contributed by atoms with Crippen LogP contribution in [0.3, 0.4) is 0 Å². The van der Waals surface area contributed by atoms with Gasteiger partial charge in [-0.3, -0.25) is 4.98 Å². The van der Waals surface area contributed by atoms with Gasteiger partial charge in [-0.25, -0.2) is 4.98 Å². The zero-order chi connectivity index (χ0) is 17.6. The first-order valence-electron chi connectivity index (χ1n) is 8.74. The summed E-state index contributed by atoms with van der Waals surface area (Å²) < 4.78 is 5.96. The van der Waals surface area contributed by atoms with Crippen molar-refractivity contribution in [2.45, 2.75) is 44.4 Å². The zero-order valence-corrected chi connectivity index (χ0v) is 15.5. The Morgan fingerprint density at radius 2 is 2.00 bits per heavy atom. The summed E-state index contributed by atoms with van der Waals surface area (Å²) in [6, 6.07) is 6.19. The molecule has 25 heavy (non-hydrogen) atoms. The molecule has 1 aliphatic carbocycles. The van der Waals surface area contributed by atoms with Crippen molar-refractivity contribution >= 4 is 17.3 Å². The van der Waals surface area contributed by atoms with Gasteiger partial charge >= 0.3 is 0 Å². The molecule has 134 valence electrons. The molecule has 2 heterocycles. The predicted octanol–water partition coefficient (Wildman–Crippen LogP) is 3.68. The molecule has 1 aliphatic rings. The Hall–Kier alpha value is -1.85. The first kappa shape index (κ1) is 18.0. The van der Waals surface area contributed by atoms with Crippen LogP contribution in [0.5, 0.6) is 5.88 Å². The molecular formula is C19H25ClN4O. The van der Waals surface area contributed by atoms with Crippen molar-refractivity contribution in [2.75, 3.05) is 19.0 Å². The van der Waals surface area contributed by atoms with Crippen LogP contribution in [0.4, 0.5) is 5.69 Å². The molecule has 1 saturated carbocycles. The molecule has 1 fully saturated rings. The number of nitrogens with zero attached hydrogens (tertiary/aromatic N) is 3. The smallest absolute Gasteiger partial charge is 0.232 e. The van der Waals surface area contributed by atoms with Crippen LogP contribution in [0.15, 0.2) is 36.8 Å². The van der Waals surface area contributed by atoms with E-state index in [2.05, 4.69) is 40.3 Å². The fourth-order valence-corrected chi connectivity index (χ4v) is 3.41. The van der Waals surface area contributed by atoms with Gasteiger partial charge in [-0.1, -0.05) is 11.6 Å². The van der Waals surface area contributed by atoms with Crippen molar-refractivity contribution in [3.63, 3.8) is 0 Å². The number of nitrogens with one attached hydrogen (secondary N) is 1. The molecular weight excluding hydrogens is 336 g/mol. The predicted molar refractivity (Wildman–Crippen MR) is 101 cm³/mol. The number of ether oxygens (including phenoxy) is 1. The Labute approximate surface area is 154 Å². The van der Waals surface area contributed by atoms with E-state index < -0.39 is 0 Å². The normalized spacial score (nSPS) is 20.3. The Balaban J connectivity index is 1.48. The molecule has 0 aliphatic heterocycles. The summed E-state index contributed by atoms with van der Waals surface area (Å²) in [7, 11) is 4.12. The van der Waals surface area contributed by atoms with Crippen molar-refractivity contribution in [1.29, 1.82) is 0 Å². The van der Waals surface area contributed by atoms with Crippen LogP contribution in [0.2, 0.25) is 5.02 Å². The molecule has 3 rings (SSSR count). The van der Waals surface area contributed by atoms with Gasteiger partial charge < -0.3 is 15.0 Å². The standard InChI is InChI=1S/C19H25ClN4O/c1-24(2)18-9-11-21-12-14(18)13-23-15-5-7-16(8-6-15)25-19-17(20)4-3-10-22-19/h3-4,9-12,15-16,23H,5-8,13H2,1-2H3. The molecule has 2 aromatic heterocycles. The van der Waals surface area contributed by atoms with Crippen LogP contribution in [-0.2, 0) is 6.54 Å². The second-order valence-corrected chi connectivity index (χ2v) is 7.07. The lowest BCUT2D eigenvalue weighted by Gasteiger charge is -2.30. The maximum atomic E-state index is 6.12. The maximum absolute atomic E-state index is 6.12. The summed E-state index contributed by atoms with van der Waals surface area (Å²) in [4.78, 5) is 10.6. The Morgan fingerprint density at radius 3 is 2.72 bits per heavy atom. The first-order valence-corrected chi connectivity index (χ1v) is 9.12. The Bertz CT molecular complexity index is 687. The average Bonchev–Trinajstić information content (AvgIpc) is 2.63. The molecule has 0 radical (unpaired) electrons. The highest BCUT2D eigenvalue weighted by Crippen LogP contribution is 2.27. The van der Waals surface area contributed by atoms with Crippen LogP contribution >= 0.6 is 11.6 Å². The van der Waals surface area contributed by atoms with E-state index >= 15 is 0 Å². The summed E-state index contributed by atoms with van der Waals surface area (Å²) >= 11 is 6.12. The molecule has 0 unspecified atom stereocenters. The first-order chi connectivity index (χ1) is 12.1. The highest BCUT2D eigenvalue weighted by Gasteiger charge is 2.23. The van der Waals surface area contributed by atoms with E-state index in [1.807, 2.05) is 24.5 Å². The third-order valence-electron chi connectivity index (χ3n) is 4.62. The lowest BCUT2D eigenvalue weighted by molar-refractivity contribution is 0.134. The molecule has 0 spiro atoms. The van der Waals surface area contributed by atoms with E-state index in [0.717, 1.165) is 32.2 Å². The number of anilines is 1. The average molecular weight is 361 g/mol. The maximum Gasteiger partial charge on any atom is 0.232 e. The highest BCUT2D eigenvalue weighted by atomic mass is 35.5. The number of halogens is 1. The summed E-state index contributed by atoms with van der Waals surface area (Å²) in [6.07, 6.45) is 9.89. The van der Waals surface area contributed by atoms with Gasteiger partial charge in [0.2, 0.25) is 5.88 Å². The molecule has 0 bridgehead atoms. The van der Waals surface area contributed by atoms with E-state index in [1.54, 1.807) is 6.20 Å². The SMILES string of the molecule is CN(C)c1ccncc1CNC1CCC(Oc2ncccc2Cl)CC1. The monoisotopic (exact) mass is 360 g/mol.